The molecule has 0 spiro atoms. The summed E-state index contributed by atoms with van der Waals surface area (Å²) in [6, 6.07) is 4.40. The van der Waals surface area contributed by atoms with Crippen LogP contribution in [0.25, 0.3) is 0 Å². The van der Waals surface area contributed by atoms with Gasteiger partial charge in [-0.25, -0.2) is 0 Å². The van der Waals surface area contributed by atoms with Gasteiger partial charge in [0.05, 0.1) is 11.0 Å². The van der Waals surface area contributed by atoms with Crippen LogP contribution in [0.1, 0.15) is 29.5 Å². The van der Waals surface area contributed by atoms with Gasteiger partial charge in [-0.15, -0.1) is 6.42 Å². The van der Waals surface area contributed by atoms with E-state index in [0.29, 0.717) is 5.56 Å². The number of hydrogen-bond donors (Lipinski definition) is 0. The van der Waals surface area contributed by atoms with Gasteiger partial charge in [0, 0.05) is 0 Å². The Bertz CT molecular complexity index is 459. The smallest absolute Gasteiger partial charge is 0.166 e. The van der Waals surface area contributed by atoms with Gasteiger partial charge >= 0.3 is 6.18 Å². The van der Waals surface area contributed by atoms with E-state index < -0.39 is 17.2 Å². The summed E-state index contributed by atoms with van der Waals surface area (Å²) in [5, 5.41) is 0. The molecule has 1 aliphatic rings. The van der Waals surface area contributed by atoms with Crippen molar-refractivity contribution in [3.8, 4) is 12.3 Å². The Morgan fingerprint density at radius 2 is 1.94 bits per heavy atom. The average Bonchev–Trinajstić information content (AvgIpc) is 2.97. The number of terminal acetylenes is 1. The van der Waals surface area contributed by atoms with Crippen LogP contribution in [0.2, 0.25) is 0 Å². The molecule has 0 heterocycles. The number of benzene rings is 1. The first kappa shape index (κ1) is 11.1. The van der Waals surface area contributed by atoms with Gasteiger partial charge < -0.3 is 0 Å². The molecule has 0 radical (unpaired) electrons. The monoisotopic (exact) mass is 224 g/mol. The zero-order valence-electron chi connectivity index (χ0n) is 8.86. The zero-order chi connectivity index (χ0) is 12.0. The van der Waals surface area contributed by atoms with E-state index >= 15 is 0 Å². The largest absolute Gasteiger partial charge is 0.416 e. The minimum absolute atomic E-state index is 0.240. The molecule has 0 nitrogen and oxygen atoms in total. The van der Waals surface area contributed by atoms with Crippen LogP contribution in [0.4, 0.5) is 13.2 Å². The molecular weight excluding hydrogens is 213 g/mol. The molecule has 84 valence electrons. The maximum atomic E-state index is 12.7. The molecule has 3 heteroatoms. The zero-order valence-corrected chi connectivity index (χ0v) is 8.86. The third kappa shape index (κ3) is 1.69. The number of alkyl halides is 3. The van der Waals surface area contributed by atoms with Crippen LogP contribution >= 0.6 is 0 Å². The maximum absolute atomic E-state index is 12.7. The molecule has 1 aromatic carbocycles. The maximum Gasteiger partial charge on any atom is 0.416 e. The predicted molar refractivity (Wildman–Crippen MR) is 55.9 cm³/mol. The van der Waals surface area contributed by atoms with Gasteiger partial charge in [0.2, 0.25) is 0 Å². The van der Waals surface area contributed by atoms with Crippen molar-refractivity contribution in [1.82, 2.24) is 0 Å². The van der Waals surface area contributed by atoms with Crippen LogP contribution < -0.4 is 0 Å². The Morgan fingerprint density at radius 3 is 2.38 bits per heavy atom. The SMILES string of the molecule is C#CC1(c2ccc(C)c(C(F)(F)F)c2)CC1. The van der Waals surface area contributed by atoms with Crippen molar-refractivity contribution in [3.63, 3.8) is 0 Å². The fourth-order valence-corrected chi connectivity index (χ4v) is 1.87. The van der Waals surface area contributed by atoms with Gasteiger partial charge in [-0.2, -0.15) is 13.2 Å². The second-order valence-corrected chi connectivity index (χ2v) is 4.25. The van der Waals surface area contributed by atoms with Crippen molar-refractivity contribution in [2.24, 2.45) is 0 Å². The molecule has 16 heavy (non-hydrogen) atoms. The Labute approximate surface area is 92.5 Å². The number of rotatable bonds is 1. The third-order valence-electron chi connectivity index (χ3n) is 3.12. The van der Waals surface area contributed by atoms with E-state index in [4.69, 9.17) is 6.42 Å². The molecule has 1 saturated carbocycles. The Morgan fingerprint density at radius 1 is 1.31 bits per heavy atom. The normalized spacial score (nSPS) is 17.9. The van der Waals surface area contributed by atoms with Crippen molar-refractivity contribution in [1.29, 1.82) is 0 Å². The van der Waals surface area contributed by atoms with E-state index in [0.717, 1.165) is 12.8 Å². The van der Waals surface area contributed by atoms with E-state index in [1.165, 1.54) is 19.1 Å². The van der Waals surface area contributed by atoms with Crippen LogP contribution in [0.5, 0.6) is 0 Å². The van der Waals surface area contributed by atoms with Gasteiger partial charge in [0.1, 0.15) is 0 Å². The van der Waals surface area contributed by atoms with Gasteiger partial charge in [-0.3, -0.25) is 0 Å². The summed E-state index contributed by atoms with van der Waals surface area (Å²) in [5.74, 6) is 2.60. The molecule has 0 aromatic heterocycles. The molecule has 0 N–H and O–H groups in total. The number of aryl methyl sites for hydroxylation is 1. The van der Waals surface area contributed by atoms with Crippen molar-refractivity contribution >= 4 is 0 Å². The van der Waals surface area contributed by atoms with Crippen molar-refractivity contribution in [3.05, 3.63) is 34.9 Å². The lowest BCUT2D eigenvalue weighted by atomic mass is 9.93. The molecule has 0 atom stereocenters. The Hall–Kier alpha value is -1.43. The van der Waals surface area contributed by atoms with Crippen LogP contribution in [0.3, 0.4) is 0 Å². The van der Waals surface area contributed by atoms with E-state index in [-0.39, 0.29) is 5.56 Å². The van der Waals surface area contributed by atoms with E-state index in [1.807, 2.05) is 0 Å². The number of halogens is 3. The van der Waals surface area contributed by atoms with Gasteiger partial charge in [-0.1, -0.05) is 18.1 Å². The molecule has 0 bridgehead atoms. The molecule has 1 aliphatic carbocycles. The van der Waals surface area contributed by atoms with Gasteiger partial charge in [0.15, 0.2) is 0 Å². The Kier molecular flexibility index (Phi) is 2.27. The van der Waals surface area contributed by atoms with Crippen LogP contribution in [0, 0.1) is 19.3 Å². The molecule has 2 rings (SSSR count). The molecular formula is C13H11F3. The van der Waals surface area contributed by atoms with Crippen molar-refractivity contribution < 1.29 is 13.2 Å². The minimum Gasteiger partial charge on any atom is -0.166 e. The van der Waals surface area contributed by atoms with Crippen molar-refractivity contribution in [2.75, 3.05) is 0 Å². The lowest BCUT2D eigenvalue weighted by Crippen LogP contribution is -2.11. The summed E-state index contributed by atoms with van der Waals surface area (Å²) < 4.78 is 38.1. The first-order valence-corrected chi connectivity index (χ1v) is 5.05. The van der Waals surface area contributed by atoms with Crippen LogP contribution in [0.15, 0.2) is 18.2 Å². The summed E-state index contributed by atoms with van der Waals surface area (Å²) in [6.07, 6.45) is 2.63. The molecule has 0 saturated heterocycles. The highest BCUT2D eigenvalue weighted by atomic mass is 19.4. The molecule has 0 aliphatic heterocycles. The predicted octanol–water partition coefficient (Wildman–Crippen LogP) is 3.68. The molecule has 1 aromatic rings. The summed E-state index contributed by atoms with van der Waals surface area (Å²) >= 11 is 0. The standard InChI is InChI=1S/C13H11F3/c1-3-12(6-7-12)10-5-4-9(2)11(8-10)13(14,15)16/h1,4-5,8H,6-7H2,2H3. The highest BCUT2D eigenvalue weighted by molar-refractivity contribution is 5.45. The van der Waals surface area contributed by atoms with Gasteiger partial charge in [0.25, 0.3) is 0 Å². The number of hydrogen-bond acceptors (Lipinski definition) is 0. The summed E-state index contributed by atoms with van der Waals surface area (Å²) in [6.45, 7) is 1.46. The first-order chi connectivity index (χ1) is 7.39. The summed E-state index contributed by atoms with van der Waals surface area (Å²) in [7, 11) is 0. The second-order valence-electron chi connectivity index (χ2n) is 4.25. The fourth-order valence-electron chi connectivity index (χ4n) is 1.87. The van der Waals surface area contributed by atoms with E-state index in [9.17, 15) is 13.2 Å². The van der Waals surface area contributed by atoms with Crippen LogP contribution in [-0.2, 0) is 11.6 Å². The molecule has 1 fully saturated rings. The average molecular weight is 224 g/mol. The highest BCUT2D eigenvalue weighted by Crippen LogP contribution is 2.48. The second kappa shape index (κ2) is 3.28. The van der Waals surface area contributed by atoms with E-state index in [1.54, 1.807) is 6.07 Å². The highest BCUT2D eigenvalue weighted by Gasteiger charge is 2.44. The van der Waals surface area contributed by atoms with E-state index in [2.05, 4.69) is 5.92 Å². The summed E-state index contributed by atoms with van der Waals surface area (Å²) in [4.78, 5) is 0. The fraction of sp³-hybridized carbons (Fsp3) is 0.385. The molecule has 0 unspecified atom stereocenters. The lowest BCUT2D eigenvalue weighted by molar-refractivity contribution is -0.138. The third-order valence-corrected chi connectivity index (χ3v) is 3.12. The first-order valence-electron chi connectivity index (χ1n) is 5.05. The lowest BCUT2D eigenvalue weighted by Gasteiger charge is -2.14. The van der Waals surface area contributed by atoms with Crippen molar-refractivity contribution in [2.45, 2.75) is 31.4 Å². The summed E-state index contributed by atoms with van der Waals surface area (Å²) in [5.41, 5.74) is -0.156. The molecule has 0 amide bonds. The quantitative estimate of drug-likeness (QED) is 0.638. The van der Waals surface area contributed by atoms with Gasteiger partial charge in [-0.05, 0) is 37.0 Å². The van der Waals surface area contributed by atoms with Crippen LogP contribution in [-0.4, -0.2) is 0 Å². The Balaban J connectivity index is 2.49. The topological polar surface area (TPSA) is 0 Å². The minimum atomic E-state index is -4.30.